The van der Waals surface area contributed by atoms with Crippen molar-refractivity contribution >= 4 is 5.78 Å². The highest BCUT2D eigenvalue weighted by Crippen LogP contribution is 2.22. The Morgan fingerprint density at radius 3 is 2.73 bits per heavy atom. The second-order valence-electron chi connectivity index (χ2n) is 3.26. The van der Waals surface area contributed by atoms with E-state index in [9.17, 15) is 9.18 Å². The van der Waals surface area contributed by atoms with Gasteiger partial charge in [-0.25, -0.2) is 4.39 Å². The van der Waals surface area contributed by atoms with Gasteiger partial charge in [-0.05, 0) is 31.7 Å². The van der Waals surface area contributed by atoms with Gasteiger partial charge in [0, 0.05) is 5.56 Å². The van der Waals surface area contributed by atoms with Crippen LogP contribution in [0.5, 0.6) is 5.75 Å². The summed E-state index contributed by atoms with van der Waals surface area (Å²) < 4.78 is 18.2. The number of ketones is 1. The third kappa shape index (κ3) is 2.53. The molecule has 3 nitrogen and oxygen atoms in total. The predicted molar refractivity (Wildman–Crippen MR) is 55.9 cm³/mol. The zero-order valence-electron chi connectivity index (χ0n) is 9.06. The molecule has 0 aliphatic heterocycles. The molecular weight excluding hydrogens is 197 g/mol. The molecule has 1 N–H and O–H groups in total. The van der Waals surface area contributed by atoms with Gasteiger partial charge >= 0.3 is 0 Å². The summed E-state index contributed by atoms with van der Waals surface area (Å²) in [5.41, 5.74) is 0.869. The largest absolute Gasteiger partial charge is 0.494 e. The van der Waals surface area contributed by atoms with Gasteiger partial charge in [0.2, 0.25) is 0 Å². The van der Waals surface area contributed by atoms with E-state index in [1.165, 1.54) is 19.2 Å². The number of hydrogen-bond acceptors (Lipinski definition) is 3. The van der Waals surface area contributed by atoms with Crippen molar-refractivity contribution in [3.63, 3.8) is 0 Å². The first kappa shape index (κ1) is 11.7. The molecule has 0 aliphatic carbocycles. The first-order valence-electron chi connectivity index (χ1n) is 4.62. The van der Waals surface area contributed by atoms with Crippen LogP contribution >= 0.6 is 0 Å². The smallest absolute Gasteiger partial charge is 0.176 e. The molecule has 0 saturated carbocycles. The summed E-state index contributed by atoms with van der Waals surface area (Å²) in [6.07, 6.45) is 0. The SMILES string of the molecule is CNCC(=O)c1cc(C)c(F)c(OC)c1. The Bertz CT molecular complexity index is 377. The fourth-order valence-corrected chi connectivity index (χ4v) is 1.31. The van der Waals surface area contributed by atoms with Crippen molar-refractivity contribution in [3.05, 3.63) is 29.1 Å². The fraction of sp³-hybridized carbons (Fsp3) is 0.364. The van der Waals surface area contributed by atoms with Crippen molar-refractivity contribution in [3.8, 4) is 5.75 Å². The van der Waals surface area contributed by atoms with Gasteiger partial charge in [0.05, 0.1) is 13.7 Å². The Balaban J connectivity index is 3.10. The summed E-state index contributed by atoms with van der Waals surface area (Å²) in [5.74, 6) is -0.396. The molecule has 1 aromatic carbocycles. The first-order valence-corrected chi connectivity index (χ1v) is 4.62. The number of carbonyl (C=O) groups excluding carboxylic acids is 1. The number of halogens is 1. The molecule has 0 aromatic heterocycles. The number of methoxy groups -OCH3 is 1. The third-order valence-corrected chi connectivity index (χ3v) is 2.10. The lowest BCUT2D eigenvalue weighted by atomic mass is 10.1. The van der Waals surface area contributed by atoms with Gasteiger partial charge < -0.3 is 10.1 Å². The average molecular weight is 211 g/mol. The molecule has 0 bridgehead atoms. The number of nitrogens with one attached hydrogen (secondary N) is 1. The molecule has 0 spiro atoms. The number of Topliss-reactive ketones (excluding diaryl/α,β-unsaturated/α-hetero) is 1. The molecular formula is C11H14FNO2. The Labute approximate surface area is 88.2 Å². The summed E-state index contributed by atoms with van der Waals surface area (Å²) in [6.45, 7) is 1.84. The number of hydrogen-bond donors (Lipinski definition) is 1. The molecule has 1 aromatic rings. The van der Waals surface area contributed by atoms with E-state index in [0.29, 0.717) is 11.1 Å². The second-order valence-corrected chi connectivity index (χ2v) is 3.26. The normalized spacial score (nSPS) is 10.1. The van der Waals surface area contributed by atoms with E-state index in [0.717, 1.165) is 0 Å². The lowest BCUT2D eigenvalue weighted by molar-refractivity contribution is 0.0993. The Morgan fingerprint density at radius 2 is 2.20 bits per heavy atom. The van der Waals surface area contributed by atoms with E-state index in [4.69, 9.17) is 4.74 Å². The van der Waals surface area contributed by atoms with Crippen molar-refractivity contribution in [1.29, 1.82) is 0 Å². The minimum absolute atomic E-state index is 0.0844. The zero-order chi connectivity index (χ0) is 11.4. The van der Waals surface area contributed by atoms with Crippen molar-refractivity contribution in [2.75, 3.05) is 20.7 Å². The summed E-state index contributed by atoms with van der Waals surface area (Å²) in [7, 11) is 3.07. The van der Waals surface area contributed by atoms with Crippen LogP contribution in [0.15, 0.2) is 12.1 Å². The van der Waals surface area contributed by atoms with Crippen molar-refractivity contribution in [1.82, 2.24) is 5.32 Å². The van der Waals surface area contributed by atoms with Crippen LogP contribution in [0.25, 0.3) is 0 Å². The number of ether oxygens (including phenoxy) is 1. The van der Waals surface area contributed by atoms with Crippen LogP contribution in [0.2, 0.25) is 0 Å². The molecule has 0 fully saturated rings. The zero-order valence-corrected chi connectivity index (χ0v) is 9.06. The molecule has 0 heterocycles. The van der Waals surface area contributed by atoms with E-state index in [1.807, 2.05) is 0 Å². The van der Waals surface area contributed by atoms with Crippen LogP contribution in [0, 0.1) is 12.7 Å². The molecule has 15 heavy (non-hydrogen) atoms. The number of likely N-dealkylation sites (N-methyl/N-ethyl adjacent to an activating group) is 1. The van der Waals surface area contributed by atoms with Gasteiger partial charge in [-0.1, -0.05) is 0 Å². The highest BCUT2D eigenvalue weighted by molar-refractivity contribution is 5.98. The number of carbonyl (C=O) groups is 1. The average Bonchev–Trinajstić information content (AvgIpc) is 2.22. The molecule has 0 amide bonds. The van der Waals surface area contributed by atoms with Crippen molar-refractivity contribution < 1.29 is 13.9 Å². The molecule has 0 saturated heterocycles. The topological polar surface area (TPSA) is 38.3 Å². The quantitative estimate of drug-likeness (QED) is 0.768. The van der Waals surface area contributed by atoms with Gasteiger partial charge in [0.25, 0.3) is 0 Å². The Hall–Kier alpha value is -1.42. The van der Waals surface area contributed by atoms with Gasteiger partial charge in [-0.3, -0.25) is 4.79 Å². The number of benzene rings is 1. The maximum atomic E-state index is 13.4. The van der Waals surface area contributed by atoms with Gasteiger partial charge in [-0.15, -0.1) is 0 Å². The molecule has 82 valence electrons. The van der Waals surface area contributed by atoms with Crippen LogP contribution in [0.4, 0.5) is 4.39 Å². The highest BCUT2D eigenvalue weighted by atomic mass is 19.1. The summed E-state index contributed by atoms with van der Waals surface area (Å²) in [5, 5.41) is 2.75. The van der Waals surface area contributed by atoms with Crippen LogP contribution in [-0.2, 0) is 0 Å². The number of aryl methyl sites for hydroxylation is 1. The molecule has 0 radical (unpaired) electrons. The summed E-state index contributed by atoms with van der Waals surface area (Å²) in [4.78, 5) is 11.5. The molecule has 0 unspecified atom stereocenters. The van der Waals surface area contributed by atoms with Gasteiger partial charge in [0.1, 0.15) is 0 Å². The van der Waals surface area contributed by atoms with Crippen LogP contribution in [0.1, 0.15) is 15.9 Å². The molecule has 0 aliphatic rings. The summed E-state index contributed by atoms with van der Waals surface area (Å²) in [6, 6.07) is 2.94. The minimum Gasteiger partial charge on any atom is -0.494 e. The van der Waals surface area contributed by atoms with Crippen LogP contribution < -0.4 is 10.1 Å². The lowest BCUT2D eigenvalue weighted by Gasteiger charge is -2.07. The van der Waals surface area contributed by atoms with Gasteiger partial charge in [0.15, 0.2) is 17.3 Å². The first-order chi connectivity index (χ1) is 7.10. The molecule has 4 heteroatoms. The Kier molecular flexibility index (Phi) is 3.80. The monoisotopic (exact) mass is 211 g/mol. The maximum Gasteiger partial charge on any atom is 0.176 e. The maximum absolute atomic E-state index is 13.4. The van der Waals surface area contributed by atoms with E-state index < -0.39 is 5.82 Å². The third-order valence-electron chi connectivity index (χ3n) is 2.10. The number of rotatable bonds is 4. The minimum atomic E-state index is -0.418. The van der Waals surface area contributed by atoms with Crippen molar-refractivity contribution in [2.45, 2.75) is 6.92 Å². The van der Waals surface area contributed by atoms with Crippen LogP contribution in [-0.4, -0.2) is 26.5 Å². The van der Waals surface area contributed by atoms with E-state index in [-0.39, 0.29) is 18.1 Å². The molecule has 1 rings (SSSR count). The standard InChI is InChI=1S/C11H14FNO2/c1-7-4-8(9(14)6-13-2)5-10(15-3)11(7)12/h4-5,13H,6H2,1-3H3. The van der Waals surface area contributed by atoms with E-state index in [1.54, 1.807) is 14.0 Å². The molecule has 0 atom stereocenters. The fourth-order valence-electron chi connectivity index (χ4n) is 1.31. The highest BCUT2D eigenvalue weighted by Gasteiger charge is 2.12. The lowest BCUT2D eigenvalue weighted by Crippen LogP contribution is -2.18. The van der Waals surface area contributed by atoms with Gasteiger partial charge in [-0.2, -0.15) is 0 Å². The second kappa shape index (κ2) is 4.89. The van der Waals surface area contributed by atoms with E-state index >= 15 is 0 Å². The van der Waals surface area contributed by atoms with Crippen molar-refractivity contribution in [2.24, 2.45) is 0 Å². The van der Waals surface area contributed by atoms with E-state index in [2.05, 4.69) is 5.32 Å². The predicted octanol–water partition coefficient (Wildman–Crippen LogP) is 1.54. The summed E-state index contributed by atoms with van der Waals surface area (Å²) >= 11 is 0. The Morgan fingerprint density at radius 1 is 1.53 bits per heavy atom. The van der Waals surface area contributed by atoms with Crippen LogP contribution in [0.3, 0.4) is 0 Å².